The predicted octanol–water partition coefficient (Wildman–Crippen LogP) is 0.373. The highest BCUT2D eigenvalue weighted by Crippen LogP contribution is 2.35. The fourth-order valence-electron chi connectivity index (χ4n) is 1.88. The largest absolute Gasteiger partial charge is 0.481 e. The first kappa shape index (κ1) is 10.5. The Balaban J connectivity index is 2.61. The molecule has 4 heteroatoms. The van der Waals surface area contributed by atoms with Crippen molar-refractivity contribution in [3.05, 3.63) is 0 Å². The molecule has 1 aliphatic carbocycles. The van der Waals surface area contributed by atoms with Crippen LogP contribution in [0.25, 0.3) is 0 Å². The first-order valence-corrected chi connectivity index (χ1v) is 4.54. The quantitative estimate of drug-likeness (QED) is 0.585. The van der Waals surface area contributed by atoms with Gasteiger partial charge in [-0.05, 0) is 26.2 Å². The minimum absolute atomic E-state index is 0.0654. The molecule has 0 aliphatic heterocycles. The lowest BCUT2D eigenvalue weighted by Gasteiger charge is -2.38. The molecule has 0 amide bonds. The molecule has 3 N–H and O–H groups in total. The van der Waals surface area contributed by atoms with Gasteiger partial charge in [0.2, 0.25) is 0 Å². The summed E-state index contributed by atoms with van der Waals surface area (Å²) in [5.41, 5.74) is -0.933. The minimum Gasteiger partial charge on any atom is -0.481 e. The van der Waals surface area contributed by atoms with Crippen molar-refractivity contribution in [2.24, 2.45) is 5.92 Å². The molecule has 0 aromatic heterocycles. The molecule has 0 radical (unpaired) electrons. The Morgan fingerprint density at radius 2 is 2.23 bits per heavy atom. The van der Waals surface area contributed by atoms with Crippen LogP contribution in [0.1, 0.15) is 32.6 Å². The molecule has 0 spiro atoms. The van der Waals surface area contributed by atoms with Gasteiger partial charge in [0, 0.05) is 5.92 Å². The van der Waals surface area contributed by atoms with Gasteiger partial charge in [0.05, 0.1) is 18.1 Å². The van der Waals surface area contributed by atoms with E-state index in [1.165, 1.54) is 0 Å². The fourth-order valence-corrected chi connectivity index (χ4v) is 1.88. The number of aliphatic carboxylic acids is 1. The number of aliphatic hydroxyl groups is 2. The maximum absolute atomic E-state index is 10.5. The lowest BCUT2D eigenvalue weighted by atomic mass is 9.74. The maximum atomic E-state index is 10.5. The van der Waals surface area contributed by atoms with Crippen molar-refractivity contribution in [1.29, 1.82) is 0 Å². The summed E-state index contributed by atoms with van der Waals surface area (Å²) >= 11 is 0. The monoisotopic (exact) mass is 188 g/mol. The van der Waals surface area contributed by atoms with E-state index in [1.54, 1.807) is 6.92 Å². The smallest absolute Gasteiger partial charge is 0.303 e. The van der Waals surface area contributed by atoms with Crippen LogP contribution in [0.3, 0.4) is 0 Å². The topological polar surface area (TPSA) is 77.8 Å². The van der Waals surface area contributed by atoms with Crippen molar-refractivity contribution in [3.8, 4) is 0 Å². The maximum Gasteiger partial charge on any atom is 0.303 e. The second kappa shape index (κ2) is 3.64. The molecular formula is C9H16O4. The van der Waals surface area contributed by atoms with Crippen molar-refractivity contribution in [3.63, 3.8) is 0 Å². The lowest BCUT2D eigenvalue weighted by Crippen LogP contribution is -2.42. The zero-order valence-electron chi connectivity index (χ0n) is 7.73. The van der Waals surface area contributed by atoms with Gasteiger partial charge in [-0.15, -0.1) is 0 Å². The van der Waals surface area contributed by atoms with E-state index in [9.17, 15) is 15.0 Å². The van der Waals surface area contributed by atoms with E-state index < -0.39 is 17.7 Å². The normalized spacial score (nSPS) is 40.2. The van der Waals surface area contributed by atoms with Crippen molar-refractivity contribution in [1.82, 2.24) is 0 Å². The highest BCUT2D eigenvalue weighted by atomic mass is 16.4. The first-order chi connectivity index (χ1) is 5.92. The summed E-state index contributed by atoms with van der Waals surface area (Å²) in [6, 6.07) is 0. The second-order valence-corrected chi connectivity index (χ2v) is 4.08. The summed E-state index contributed by atoms with van der Waals surface area (Å²) in [6.07, 6.45) is 0.906. The van der Waals surface area contributed by atoms with Crippen LogP contribution in [0.15, 0.2) is 0 Å². The van der Waals surface area contributed by atoms with Crippen LogP contribution < -0.4 is 0 Å². The van der Waals surface area contributed by atoms with Gasteiger partial charge in [-0.25, -0.2) is 0 Å². The summed E-state index contributed by atoms with van der Waals surface area (Å²) in [6.45, 7) is 1.65. The Hall–Kier alpha value is -0.610. The van der Waals surface area contributed by atoms with Crippen molar-refractivity contribution < 1.29 is 20.1 Å². The molecule has 0 saturated heterocycles. The molecule has 0 unspecified atom stereocenters. The third-order valence-electron chi connectivity index (χ3n) is 2.84. The Kier molecular flexibility index (Phi) is 2.93. The number of rotatable bonds is 2. The molecule has 0 aromatic carbocycles. The van der Waals surface area contributed by atoms with Crippen LogP contribution in [0.5, 0.6) is 0 Å². The van der Waals surface area contributed by atoms with Gasteiger partial charge in [0.25, 0.3) is 0 Å². The molecule has 4 nitrogen and oxygen atoms in total. The van der Waals surface area contributed by atoms with Gasteiger partial charge >= 0.3 is 5.97 Å². The van der Waals surface area contributed by atoms with Crippen LogP contribution in [-0.4, -0.2) is 33.0 Å². The van der Waals surface area contributed by atoms with Crippen LogP contribution >= 0.6 is 0 Å². The van der Waals surface area contributed by atoms with Gasteiger partial charge in [-0.1, -0.05) is 0 Å². The van der Waals surface area contributed by atoms with E-state index in [0.29, 0.717) is 19.3 Å². The highest BCUT2D eigenvalue weighted by Gasteiger charge is 2.38. The lowest BCUT2D eigenvalue weighted by molar-refractivity contribution is -0.143. The summed E-state index contributed by atoms with van der Waals surface area (Å²) < 4.78 is 0. The average Bonchev–Trinajstić information content (AvgIpc) is 1.97. The Morgan fingerprint density at radius 1 is 1.62 bits per heavy atom. The highest BCUT2D eigenvalue weighted by molar-refractivity contribution is 5.67. The number of carbonyl (C=O) groups is 1. The fraction of sp³-hybridized carbons (Fsp3) is 0.889. The molecule has 3 atom stereocenters. The minimum atomic E-state index is -0.933. The molecule has 1 saturated carbocycles. The van der Waals surface area contributed by atoms with Crippen molar-refractivity contribution in [2.75, 3.05) is 0 Å². The van der Waals surface area contributed by atoms with Crippen LogP contribution in [0, 0.1) is 5.92 Å². The van der Waals surface area contributed by atoms with E-state index in [-0.39, 0.29) is 12.3 Å². The standard InChI is InChI=1S/C9H16O4/c1-9(13)3-2-7(10)4-6(9)5-8(11)12/h6-7,10,13H,2-5H2,1H3,(H,11,12)/t6-,7-,9+/m1/s1. The van der Waals surface area contributed by atoms with E-state index in [4.69, 9.17) is 5.11 Å². The van der Waals surface area contributed by atoms with Crippen LogP contribution in [0.2, 0.25) is 0 Å². The van der Waals surface area contributed by atoms with Gasteiger partial charge < -0.3 is 15.3 Å². The Morgan fingerprint density at radius 3 is 2.77 bits per heavy atom. The third-order valence-corrected chi connectivity index (χ3v) is 2.84. The van der Waals surface area contributed by atoms with Crippen molar-refractivity contribution in [2.45, 2.75) is 44.3 Å². The summed E-state index contributed by atoms with van der Waals surface area (Å²) in [5.74, 6) is -1.24. The molecule has 1 fully saturated rings. The molecule has 76 valence electrons. The number of carboxylic acid groups (broad SMARTS) is 1. The van der Waals surface area contributed by atoms with Crippen molar-refractivity contribution >= 4 is 5.97 Å². The summed E-state index contributed by atoms with van der Waals surface area (Å²) in [5, 5.41) is 27.7. The molecule has 1 rings (SSSR count). The second-order valence-electron chi connectivity index (χ2n) is 4.08. The molecule has 0 aromatic rings. The van der Waals surface area contributed by atoms with E-state index in [2.05, 4.69) is 0 Å². The van der Waals surface area contributed by atoms with Gasteiger partial charge in [-0.2, -0.15) is 0 Å². The van der Waals surface area contributed by atoms with E-state index >= 15 is 0 Å². The molecular weight excluding hydrogens is 172 g/mol. The molecule has 0 bridgehead atoms. The Labute approximate surface area is 77.2 Å². The molecule has 1 aliphatic rings. The first-order valence-electron chi connectivity index (χ1n) is 4.54. The average molecular weight is 188 g/mol. The van der Waals surface area contributed by atoms with Crippen LogP contribution in [-0.2, 0) is 4.79 Å². The SMILES string of the molecule is C[C@]1(O)CC[C@@H](O)C[C@@H]1CC(=O)O. The zero-order chi connectivity index (χ0) is 10.1. The number of aliphatic hydroxyl groups excluding tert-OH is 1. The molecule has 0 heterocycles. The predicted molar refractivity (Wildman–Crippen MR) is 46.2 cm³/mol. The Bertz CT molecular complexity index is 200. The van der Waals surface area contributed by atoms with Gasteiger partial charge in [0.15, 0.2) is 0 Å². The molecule has 13 heavy (non-hydrogen) atoms. The van der Waals surface area contributed by atoms with Crippen LogP contribution in [0.4, 0.5) is 0 Å². The summed E-state index contributed by atoms with van der Waals surface area (Å²) in [7, 11) is 0. The number of hydrogen-bond donors (Lipinski definition) is 3. The third kappa shape index (κ3) is 2.67. The van der Waals surface area contributed by atoms with E-state index in [1.807, 2.05) is 0 Å². The van der Waals surface area contributed by atoms with Gasteiger partial charge in [-0.3, -0.25) is 4.79 Å². The van der Waals surface area contributed by atoms with Gasteiger partial charge in [0.1, 0.15) is 0 Å². The number of hydrogen-bond acceptors (Lipinski definition) is 3. The summed E-state index contributed by atoms with van der Waals surface area (Å²) in [4.78, 5) is 10.5. The van der Waals surface area contributed by atoms with E-state index in [0.717, 1.165) is 0 Å². The zero-order valence-corrected chi connectivity index (χ0v) is 7.73. The number of carboxylic acids is 1.